The molecule has 1 aliphatic heterocycles. The molecule has 0 spiro atoms. The van der Waals surface area contributed by atoms with E-state index in [2.05, 4.69) is 49.7 Å². The van der Waals surface area contributed by atoms with Gasteiger partial charge in [-0.25, -0.2) is 0 Å². The molecule has 1 rings (SSSR count). The summed E-state index contributed by atoms with van der Waals surface area (Å²) >= 11 is 2.11. The second-order valence-electron chi connectivity index (χ2n) is 5.21. The van der Waals surface area contributed by atoms with Gasteiger partial charge in [0.15, 0.2) is 0 Å². The van der Waals surface area contributed by atoms with Crippen LogP contribution < -0.4 is 5.32 Å². The molecule has 1 heterocycles. The second kappa shape index (κ2) is 8.39. The minimum Gasteiger partial charge on any atom is -0.310 e. The predicted molar refractivity (Wildman–Crippen MR) is 79.9 cm³/mol. The van der Waals surface area contributed by atoms with Crippen molar-refractivity contribution < 1.29 is 0 Å². The summed E-state index contributed by atoms with van der Waals surface area (Å²) in [6.45, 7) is 12.8. The molecule has 1 N–H and O–H groups in total. The Hall–Kier alpha value is 0.270. The van der Waals surface area contributed by atoms with Gasteiger partial charge < -0.3 is 10.2 Å². The van der Waals surface area contributed by atoms with E-state index >= 15 is 0 Å². The van der Waals surface area contributed by atoms with E-state index < -0.39 is 0 Å². The van der Waals surface area contributed by atoms with Gasteiger partial charge in [-0.1, -0.05) is 20.8 Å². The van der Waals surface area contributed by atoms with Crippen molar-refractivity contribution in [3.8, 4) is 0 Å². The van der Waals surface area contributed by atoms with Gasteiger partial charge in [0.05, 0.1) is 0 Å². The summed E-state index contributed by atoms with van der Waals surface area (Å²) in [4.78, 5) is 2.51. The molecule has 0 radical (unpaired) electrons. The zero-order chi connectivity index (χ0) is 12.7. The third-order valence-corrected chi connectivity index (χ3v) is 5.21. The first-order chi connectivity index (χ1) is 8.17. The first kappa shape index (κ1) is 15.3. The van der Waals surface area contributed by atoms with Crippen molar-refractivity contribution in [1.82, 2.24) is 10.2 Å². The minimum absolute atomic E-state index is 0.678. The van der Waals surface area contributed by atoms with Gasteiger partial charge in [-0.15, -0.1) is 0 Å². The Bertz CT molecular complexity index is 195. The maximum Gasteiger partial charge on any atom is 0.0194 e. The molecule has 2 nitrogen and oxygen atoms in total. The molecule has 17 heavy (non-hydrogen) atoms. The van der Waals surface area contributed by atoms with E-state index in [0.29, 0.717) is 6.04 Å². The maximum atomic E-state index is 3.80. The number of hydrogen-bond donors (Lipinski definition) is 1. The maximum absolute atomic E-state index is 3.80. The first-order valence-corrected chi connectivity index (χ1v) is 8.32. The fraction of sp³-hybridized carbons (Fsp3) is 1.00. The molecule has 0 aromatic rings. The molecule has 102 valence electrons. The van der Waals surface area contributed by atoms with Crippen LogP contribution in [0.4, 0.5) is 0 Å². The van der Waals surface area contributed by atoms with E-state index in [1.165, 1.54) is 44.6 Å². The lowest BCUT2D eigenvalue weighted by atomic mass is 10.1. The van der Waals surface area contributed by atoms with Crippen molar-refractivity contribution >= 4 is 11.8 Å². The molecule has 0 aliphatic carbocycles. The topological polar surface area (TPSA) is 15.3 Å². The summed E-state index contributed by atoms with van der Waals surface area (Å²) in [5.74, 6) is 1.34. The summed E-state index contributed by atoms with van der Waals surface area (Å²) < 4.78 is 0. The van der Waals surface area contributed by atoms with Crippen LogP contribution in [0.3, 0.4) is 0 Å². The molecule has 1 saturated heterocycles. The SMILES string of the molecule is CCN(CC)CCCC(C)NC1CCSC1C. The van der Waals surface area contributed by atoms with Crippen molar-refractivity contribution in [1.29, 1.82) is 0 Å². The fourth-order valence-electron chi connectivity index (χ4n) is 2.56. The fourth-order valence-corrected chi connectivity index (χ4v) is 3.77. The highest BCUT2D eigenvalue weighted by Gasteiger charge is 2.24. The summed E-state index contributed by atoms with van der Waals surface area (Å²) in [5.41, 5.74) is 0. The molecule has 3 atom stereocenters. The highest BCUT2D eigenvalue weighted by molar-refractivity contribution is 8.00. The van der Waals surface area contributed by atoms with E-state index in [9.17, 15) is 0 Å². The zero-order valence-electron chi connectivity index (χ0n) is 12.0. The lowest BCUT2D eigenvalue weighted by molar-refractivity contribution is 0.287. The van der Waals surface area contributed by atoms with Crippen molar-refractivity contribution in [3.63, 3.8) is 0 Å². The summed E-state index contributed by atoms with van der Waals surface area (Å²) in [7, 11) is 0. The number of thioether (sulfide) groups is 1. The third kappa shape index (κ3) is 5.62. The summed E-state index contributed by atoms with van der Waals surface area (Å²) in [6.07, 6.45) is 3.99. The third-order valence-electron chi connectivity index (χ3n) is 3.88. The Balaban J connectivity index is 2.10. The molecule has 1 aliphatic rings. The van der Waals surface area contributed by atoms with Gasteiger partial charge in [0.1, 0.15) is 0 Å². The Morgan fingerprint density at radius 2 is 2.06 bits per heavy atom. The molecule has 0 aromatic heterocycles. The van der Waals surface area contributed by atoms with Gasteiger partial charge in [0, 0.05) is 17.3 Å². The quantitative estimate of drug-likeness (QED) is 0.720. The van der Waals surface area contributed by atoms with E-state index in [0.717, 1.165) is 11.3 Å². The van der Waals surface area contributed by atoms with Crippen LogP contribution in [0.15, 0.2) is 0 Å². The van der Waals surface area contributed by atoms with Gasteiger partial charge in [0.2, 0.25) is 0 Å². The zero-order valence-corrected chi connectivity index (χ0v) is 12.9. The monoisotopic (exact) mass is 258 g/mol. The molecule has 3 unspecified atom stereocenters. The van der Waals surface area contributed by atoms with Crippen molar-refractivity contribution in [2.75, 3.05) is 25.4 Å². The van der Waals surface area contributed by atoms with E-state index in [-0.39, 0.29) is 0 Å². The standard InChI is InChI=1S/C14H30N2S/c1-5-16(6-2)10-7-8-12(3)15-14-9-11-17-13(14)4/h12-15H,5-11H2,1-4H3. The van der Waals surface area contributed by atoms with Gasteiger partial charge >= 0.3 is 0 Å². The van der Waals surface area contributed by atoms with Gasteiger partial charge in [-0.05, 0) is 51.6 Å². The normalized spacial score (nSPS) is 26.6. The average molecular weight is 258 g/mol. The minimum atomic E-state index is 0.678. The van der Waals surface area contributed by atoms with Crippen molar-refractivity contribution in [2.45, 2.75) is 64.3 Å². The van der Waals surface area contributed by atoms with Crippen LogP contribution in [-0.4, -0.2) is 47.6 Å². The van der Waals surface area contributed by atoms with Crippen molar-refractivity contribution in [3.05, 3.63) is 0 Å². The van der Waals surface area contributed by atoms with Crippen LogP contribution in [0.25, 0.3) is 0 Å². The molecular weight excluding hydrogens is 228 g/mol. The molecule has 1 fully saturated rings. The van der Waals surface area contributed by atoms with Crippen LogP contribution in [0.2, 0.25) is 0 Å². The lowest BCUT2D eigenvalue weighted by Gasteiger charge is -2.23. The number of nitrogens with one attached hydrogen (secondary N) is 1. The summed E-state index contributed by atoms with van der Waals surface area (Å²) in [6, 6.07) is 1.43. The second-order valence-corrected chi connectivity index (χ2v) is 6.69. The molecule has 0 bridgehead atoms. The first-order valence-electron chi connectivity index (χ1n) is 7.27. The van der Waals surface area contributed by atoms with E-state index in [4.69, 9.17) is 0 Å². The largest absolute Gasteiger partial charge is 0.310 e. The van der Waals surface area contributed by atoms with Crippen LogP contribution >= 0.6 is 11.8 Å². The molecule has 0 saturated carbocycles. The van der Waals surface area contributed by atoms with Gasteiger partial charge in [-0.3, -0.25) is 0 Å². The number of hydrogen-bond acceptors (Lipinski definition) is 3. The molecule has 0 aromatic carbocycles. The molecule has 0 amide bonds. The van der Waals surface area contributed by atoms with Crippen LogP contribution in [0.5, 0.6) is 0 Å². The summed E-state index contributed by atoms with van der Waals surface area (Å²) in [5, 5.41) is 4.60. The number of nitrogens with zero attached hydrogens (tertiary/aromatic N) is 1. The average Bonchev–Trinajstić information content (AvgIpc) is 2.71. The van der Waals surface area contributed by atoms with E-state index in [1.807, 2.05) is 0 Å². The lowest BCUT2D eigenvalue weighted by Crippen LogP contribution is -2.40. The van der Waals surface area contributed by atoms with Gasteiger partial charge in [-0.2, -0.15) is 11.8 Å². The Kier molecular flexibility index (Phi) is 7.56. The van der Waals surface area contributed by atoms with Crippen LogP contribution in [0, 0.1) is 0 Å². The molecular formula is C14H30N2S. The Labute approximate surface area is 112 Å². The predicted octanol–water partition coefficient (Wildman–Crippen LogP) is 2.98. The van der Waals surface area contributed by atoms with Crippen LogP contribution in [0.1, 0.15) is 47.0 Å². The smallest absolute Gasteiger partial charge is 0.0194 e. The highest BCUT2D eigenvalue weighted by Crippen LogP contribution is 2.26. The van der Waals surface area contributed by atoms with Crippen LogP contribution in [-0.2, 0) is 0 Å². The van der Waals surface area contributed by atoms with Crippen molar-refractivity contribution in [2.24, 2.45) is 0 Å². The van der Waals surface area contributed by atoms with E-state index in [1.54, 1.807) is 0 Å². The molecule has 3 heteroatoms. The number of rotatable bonds is 8. The highest BCUT2D eigenvalue weighted by atomic mass is 32.2. The Morgan fingerprint density at radius 1 is 1.35 bits per heavy atom. The Morgan fingerprint density at radius 3 is 2.59 bits per heavy atom. The van der Waals surface area contributed by atoms with Gasteiger partial charge in [0.25, 0.3) is 0 Å².